The first kappa shape index (κ1) is 16.6. The van der Waals surface area contributed by atoms with E-state index in [2.05, 4.69) is 20.7 Å². The molecule has 1 heterocycles. The van der Waals surface area contributed by atoms with E-state index >= 15 is 0 Å². The maximum atomic E-state index is 13.7. The summed E-state index contributed by atoms with van der Waals surface area (Å²) >= 11 is 4.72. The molecule has 0 spiro atoms. The maximum Gasteiger partial charge on any atom is 0.241 e. The van der Waals surface area contributed by atoms with Crippen LogP contribution in [0, 0.1) is 12.7 Å². The van der Waals surface area contributed by atoms with E-state index in [4.69, 9.17) is 5.11 Å². The number of rotatable bonds is 5. The Morgan fingerprint density at radius 1 is 1.38 bits per heavy atom. The molecule has 4 nitrogen and oxygen atoms in total. The van der Waals surface area contributed by atoms with Crippen LogP contribution >= 0.6 is 27.3 Å². The molecule has 0 fully saturated rings. The standard InChI is InChI=1S/C13H13BrFNO3S2/c1-8-11(15)4-9(7-17)5-12(8)21(18,19)16-6-10-2-3-13(14)20-10/h2-5,16-17H,6-7H2,1H3. The number of aliphatic hydroxyl groups is 1. The zero-order chi connectivity index (χ0) is 15.6. The second kappa shape index (κ2) is 6.53. The van der Waals surface area contributed by atoms with E-state index in [-0.39, 0.29) is 22.6 Å². The first-order valence-corrected chi connectivity index (χ1v) is 9.06. The van der Waals surface area contributed by atoms with Gasteiger partial charge in [0, 0.05) is 17.0 Å². The summed E-state index contributed by atoms with van der Waals surface area (Å²) in [7, 11) is -3.84. The zero-order valence-electron chi connectivity index (χ0n) is 11.1. The van der Waals surface area contributed by atoms with E-state index in [9.17, 15) is 12.8 Å². The molecule has 0 amide bonds. The number of halogens is 2. The number of hydrogen-bond acceptors (Lipinski definition) is 4. The summed E-state index contributed by atoms with van der Waals surface area (Å²) in [5.74, 6) is -0.652. The smallest absolute Gasteiger partial charge is 0.241 e. The molecule has 8 heteroatoms. The van der Waals surface area contributed by atoms with Crippen LogP contribution in [0.5, 0.6) is 0 Å². The molecule has 114 valence electrons. The van der Waals surface area contributed by atoms with Crippen molar-refractivity contribution in [3.05, 3.63) is 49.9 Å². The Kier molecular flexibility index (Phi) is 5.15. The van der Waals surface area contributed by atoms with E-state index in [1.54, 1.807) is 6.07 Å². The van der Waals surface area contributed by atoms with Gasteiger partial charge in [0.25, 0.3) is 0 Å². The van der Waals surface area contributed by atoms with Crippen LogP contribution in [-0.4, -0.2) is 13.5 Å². The van der Waals surface area contributed by atoms with Gasteiger partial charge >= 0.3 is 0 Å². The van der Waals surface area contributed by atoms with E-state index in [1.165, 1.54) is 24.3 Å². The van der Waals surface area contributed by atoms with Gasteiger partial charge in [-0.25, -0.2) is 17.5 Å². The third-order valence-electron chi connectivity index (χ3n) is 2.89. The van der Waals surface area contributed by atoms with Crippen LogP contribution in [0.25, 0.3) is 0 Å². The van der Waals surface area contributed by atoms with Crippen molar-refractivity contribution in [2.45, 2.75) is 25.0 Å². The molecule has 0 atom stereocenters. The minimum absolute atomic E-state index is 0.0343. The van der Waals surface area contributed by atoms with Gasteiger partial charge in [-0.15, -0.1) is 11.3 Å². The van der Waals surface area contributed by atoms with Crippen LogP contribution in [0.1, 0.15) is 16.0 Å². The Bertz CT molecular complexity index is 759. The van der Waals surface area contributed by atoms with Gasteiger partial charge in [-0.2, -0.15) is 0 Å². The second-order valence-electron chi connectivity index (χ2n) is 4.39. The highest BCUT2D eigenvalue weighted by molar-refractivity contribution is 9.11. The van der Waals surface area contributed by atoms with Gasteiger partial charge in [-0.1, -0.05) is 0 Å². The lowest BCUT2D eigenvalue weighted by Crippen LogP contribution is -2.24. The van der Waals surface area contributed by atoms with Crippen molar-refractivity contribution in [1.82, 2.24) is 4.72 Å². The van der Waals surface area contributed by atoms with Crippen molar-refractivity contribution in [3.63, 3.8) is 0 Å². The molecule has 2 N–H and O–H groups in total. The fraction of sp³-hybridized carbons (Fsp3) is 0.231. The van der Waals surface area contributed by atoms with E-state index < -0.39 is 22.4 Å². The summed E-state index contributed by atoms with van der Waals surface area (Å²) in [6.07, 6.45) is 0. The second-order valence-corrected chi connectivity index (χ2v) is 8.67. The zero-order valence-corrected chi connectivity index (χ0v) is 14.3. The van der Waals surface area contributed by atoms with E-state index in [0.29, 0.717) is 0 Å². The SMILES string of the molecule is Cc1c(F)cc(CO)cc1S(=O)(=O)NCc1ccc(Br)s1. The highest BCUT2D eigenvalue weighted by Gasteiger charge is 2.20. The maximum absolute atomic E-state index is 13.7. The lowest BCUT2D eigenvalue weighted by molar-refractivity contribution is 0.281. The van der Waals surface area contributed by atoms with Gasteiger partial charge in [0.05, 0.1) is 15.3 Å². The van der Waals surface area contributed by atoms with Crippen molar-refractivity contribution < 1.29 is 17.9 Å². The minimum atomic E-state index is -3.84. The summed E-state index contributed by atoms with van der Waals surface area (Å²) < 4.78 is 41.6. The lowest BCUT2D eigenvalue weighted by Gasteiger charge is -2.11. The molecule has 0 radical (unpaired) electrons. The molecule has 21 heavy (non-hydrogen) atoms. The lowest BCUT2D eigenvalue weighted by atomic mass is 10.1. The molecule has 1 aromatic heterocycles. The first-order chi connectivity index (χ1) is 9.83. The third-order valence-corrected chi connectivity index (χ3v) is 6.04. The number of aliphatic hydroxyl groups excluding tert-OH is 1. The average molecular weight is 394 g/mol. The molecule has 0 unspecified atom stereocenters. The highest BCUT2D eigenvalue weighted by Crippen LogP contribution is 2.24. The quantitative estimate of drug-likeness (QED) is 0.820. The predicted molar refractivity (Wildman–Crippen MR) is 83.1 cm³/mol. The molecule has 0 aliphatic rings. The Morgan fingerprint density at radius 3 is 2.67 bits per heavy atom. The van der Waals surface area contributed by atoms with Crippen molar-refractivity contribution >= 4 is 37.3 Å². The summed E-state index contributed by atoms with van der Waals surface area (Å²) in [5.41, 5.74) is 0.254. The van der Waals surface area contributed by atoms with Crippen molar-refractivity contribution in [3.8, 4) is 0 Å². The Hall–Kier alpha value is -0.800. The van der Waals surface area contributed by atoms with E-state index in [1.807, 2.05) is 6.07 Å². The van der Waals surface area contributed by atoms with Gasteiger partial charge < -0.3 is 5.11 Å². The molecular weight excluding hydrogens is 381 g/mol. The molecule has 0 saturated carbocycles. The van der Waals surface area contributed by atoms with Crippen molar-refractivity contribution in [1.29, 1.82) is 0 Å². The molecule has 0 aliphatic heterocycles. The van der Waals surface area contributed by atoms with Crippen LogP contribution in [0.4, 0.5) is 4.39 Å². The van der Waals surface area contributed by atoms with Crippen LogP contribution < -0.4 is 4.72 Å². The van der Waals surface area contributed by atoms with E-state index in [0.717, 1.165) is 14.7 Å². The number of sulfonamides is 1. The van der Waals surface area contributed by atoms with Crippen molar-refractivity contribution in [2.24, 2.45) is 0 Å². The fourth-order valence-corrected chi connectivity index (χ4v) is 4.59. The molecule has 0 bridgehead atoms. The van der Waals surface area contributed by atoms with Gasteiger partial charge in [-0.3, -0.25) is 0 Å². The fourth-order valence-electron chi connectivity index (χ4n) is 1.77. The number of benzene rings is 1. The van der Waals surface area contributed by atoms with Gasteiger partial charge in [0.15, 0.2) is 0 Å². The highest BCUT2D eigenvalue weighted by atomic mass is 79.9. The number of nitrogens with one attached hydrogen (secondary N) is 1. The molecular formula is C13H13BrFNO3S2. The number of thiophene rings is 1. The minimum Gasteiger partial charge on any atom is -0.392 e. The van der Waals surface area contributed by atoms with Gasteiger partial charge in [0.2, 0.25) is 10.0 Å². The predicted octanol–water partition coefficient (Wildman–Crippen LogP) is 2.93. The number of hydrogen-bond donors (Lipinski definition) is 2. The van der Waals surface area contributed by atoms with Crippen LogP contribution in [0.15, 0.2) is 32.9 Å². The molecule has 0 saturated heterocycles. The monoisotopic (exact) mass is 393 g/mol. The molecule has 2 rings (SSSR count). The summed E-state index contributed by atoms with van der Waals surface area (Å²) in [6, 6.07) is 6.04. The largest absolute Gasteiger partial charge is 0.392 e. The topological polar surface area (TPSA) is 66.4 Å². The van der Waals surface area contributed by atoms with Gasteiger partial charge in [-0.05, 0) is 52.7 Å². The molecule has 1 aromatic carbocycles. The average Bonchev–Trinajstić information content (AvgIpc) is 2.85. The summed E-state index contributed by atoms with van der Waals surface area (Å²) in [6.45, 7) is 1.10. The van der Waals surface area contributed by atoms with Gasteiger partial charge in [0.1, 0.15) is 5.82 Å². The van der Waals surface area contributed by atoms with Crippen LogP contribution in [0.2, 0.25) is 0 Å². The normalized spacial score (nSPS) is 11.8. The Labute approximate surface area is 134 Å². The third kappa shape index (κ3) is 3.89. The molecule has 2 aromatic rings. The van der Waals surface area contributed by atoms with Crippen molar-refractivity contribution in [2.75, 3.05) is 0 Å². The summed E-state index contributed by atoms with van der Waals surface area (Å²) in [5, 5.41) is 9.07. The van der Waals surface area contributed by atoms with Crippen LogP contribution in [-0.2, 0) is 23.2 Å². The summed E-state index contributed by atoms with van der Waals surface area (Å²) in [4.78, 5) is 0.684. The molecule has 0 aliphatic carbocycles. The first-order valence-electron chi connectivity index (χ1n) is 5.97. The Morgan fingerprint density at radius 2 is 2.10 bits per heavy atom. The Balaban J connectivity index is 2.29. The van der Waals surface area contributed by atoms with Crippen LogP contribution in [0.3, 0.4) is 0 Å².